The third-order valence-corrected chi connectivity index (χ3v) is 4.51. The summed E-state index contributed by atoms with van der Waals surface area (Å²) in [4.78, 5) is 13.4. The summed E-state index contributed by atoms with van der Waals surface area (Å²) in [5.74, 6) is 1.08. The van der Waals surface area contributed by atoms with Crippen LogP contribution in [0.25, 0.3) is 0 Å². The van der Waals surface area contributed by atoms with Crippen LogP contribution in [0.5, 0.6) is 5.75 Å². The number of carbonyl (C=O) groups is 1. The molecule has 0 aliphatic carbocycles. The molecule has 0 aromatic heterocycles. The summed E-state index contributed by atoms with van der Waals surface area (Å²) in [6, 6.07) is 8.13. The fourth-order valence-electron chi connectivity index (χ4n) is 3.22. The number of rotatable bonds is 8. The predicted octanol–water partition coefficient (Wildman–Crippen LogP) is 2.01. The highest BCUT2D eigenvalue weighted by Crippen LogP contribution is 2.16. The van der Waals surface area contributed by atoms with Gasteiger partial charge in [0.15, 0.2) is 0 Å². The summed E-state index contributed by atoms with van der Waals surface area (Å²) < 4.78 is 11.0. The van der Waals surface area contributed by atoms with Gasteiger partial charge in [-0.15, -0.1) is 0 Å². The van der Waals surface area contributed by atoms with Gasteiger partial charge in [-0.2, -0.15) is 0 Å². The lowest BCUT2D eigenvalue weighted by molar-refractivity contribution is -0.907. The number of esters is 1. The standard InChI is InChI=1S/C19H29NO3/c1-3-22-19(21)17-10-8-13-20(15-17)12-6-7-14-23-18-11-5-4-9-16(18)2/h4-5,9,11,17H,3,6-8,10,12-15H2,1-2H3/p+1/t17-/m0/s1. The average molecular weight is 320 g/mol. The third-order valence-electron chi connectivity index (χ3n) is 4.51. The van der Waals surface area contributed by atoms with Gasteiger partial charge in [-0.3, -0.25) is 4.79 Å². The largest absolute Gasteiger partial charge is 0.493 e. The highest BCUT2D eigenvalue weighted by molar-refractivity contribution is 5.72. The molecule has 1 fully saturated rings. The van der Waals surface area contributed by atoms with Crippen LogP contribution >= 0.6 is 0 Å². The van der Waals surface area contributed by atoms with E-state index in [0.29, 0.717) is 6.61 Å². The molecule has 0 amide bonds. The fraction of sp³-hybridized carbons (Fsp3) is 0.632. The molecule has 23 heavy (non-hydrogen) atoms. The van der Waals surface area contributed by atoms with Gasteiger partial charge in [0.1, 0.15) is 11.7 Å². The second-order valence-corrected chi connectivity index (χ2v) is 6.37. The highest BCUT2D eigenvalue weighted by atomic mass is 16.5. The van der Waals surface area contributed by atoms with Gasteiger partial charge >= 0.3 is 5.97 Å². The molecule has 1 aromatic rings. The molecule has 0 saturated carbocycles. The summed E-state index contributed by atoms with van der Waals surface area (Å²) in [7, 11) is 0. The van der Waals surface area contributed by atoms with Crippen molar-refractivity contribution >= 4 is 5.97 Å². The SMILES string of the molecule is CCOC(=O)[C@H]1CCC[NH+](CCCCOc2ccccc2C)C1. The van der Waals surface area contributed by atoms with Gasteiger partial charge in [-0.25, -0.2) is 0 Å². The van der Waals surface area contributed by atoms with Crippen LogP contribution in [-0.2, 0) is 9.53 Å². The summed E-state index contributed by atoms with van der Waals surface area (Å²) in [5, 5.41) is 0. The lowest BCUT2D eigenvalue weighted by Gasteiger charge is -2.28. The number of likely N-dealkylation sites (tertiary alicyclic amines) is 1. The van der Waals surface area contributed by atoms with Gasteiger partial charge in [-0.1, -0.05) is 18.2 Å². The Kier molecular flexibility index (Phi) is 7.40. The van der Waals surface area contributed by atoms with Gasteiger partial charge in [0.25, 0.3) is 0 Å². The van der Waals surface area contributed by atoms with Crippen LogP contribution in [-0.4, -0.2) is 38.8 Å². The molecule has 1 unspecified atom stereocenters. The van der Waals surface area contributed by atoms with Crippen LogP contribution in [0.1, 0.15) is 38.2 Å². The first-order valence-corrected chi connectivity index (χ1v) is 8.89. The Hall–Kier alpha value is -1.55. The minimum absolute atomic E-state index is 0.00686. The zero-order valence-corrected chi connectivity index (χ0v) is 14.5. The van der Waals surface area contributed by atoms with Crippen LogP contribution in [0, 0.1) is 12.8 Å². The summed E-state index contributed by atoms with van der Waals surface area (Å²) in [6.45, 7) is 8.42. The molecular weight excluding hydrogens is 290 g/mol. The van der Waals surface area contributed by atoms with E-state index in [-0.39, 0.29) is 11.9 Å². The van der Waals surface area contributed by atoms with Gasteiger partial charge in [0.2, 0.25) is 0 Å². The lowest BCUT2D eigenvalue weighted by Crippen LogP contribution is -3.13. The quantitative estimate of drug-likeness (QED) is 0.588. The van der Waals surface area contributed by atoms with E-state index in [4.69, 9.17) is 9.47 Å². The molecular formula is C19H30NO3+. The zero-order chi connectivity index (χ0) is 16.5. The van der Waals surface area contributed by atoms with E-state index in [2.05, 4.69) is 13.0 Å². The summed E-state index contributed by atoms with van der Waals surface area (Å²) in [6.07, 6.45) is 4.30. The second-order valence-electron chi connectivity index (χ2n) is 6.37. The van der Waals surface area contributed by atoms with Crippen LogP contribution in [0.15, 0.2) is 24.3 Å². The van der Waals surface area contributed by atoms with E-state index >= 15 is 0 Å². The average Bonchev–Trinajstić information content (AvgIpc) is 2.57. The van der Waals surface area contributed by atoms with Crippen molar-refractivity contribution in [3.05, 3.63) is 29.8 Å². The summed E-state index contributed by atoms with van der Waals surface area (Å²) in [5.41, 5.74) is 1.19. The van der Waals surface area contributed by atoms with Crippen molar-refractivity contribution in [1.29, 1.82) is 0 Å². The minimum Gasteiger partial charge on any atom is -0.493 e. The van der Waals surface area contributed by atoms with Crippen molar-refractivity contribution in [2.24, 2.45) is 5.92 Å². The van der Waals surface area contributed by atoms with Crippen LogP contribution in [0.2, 0.25) is 0 Å². The number of aryl methyl sites for hydroxylation is 1. The van der Waals surface area contributed by atoms with Gasteiger partial charge < -0.3 is 14.4 Å². The molecule has 0 bridgehead atoms. The Labute approximate surface area is 139 Å². The Balaban J connectivity index is 1.62. The molecule has 1 N–H and O–H groups in total. The van der Waals surface area contributed by atoms with Crippen LogP contribution < -0.4 is 9.64 Å². The number of hydrogen-bond donors (Lipinski definition) is 1. The van der Waals surface area contributed by atoms with Crippen molar-refractivity contribution in [2.45, 2.75) is 39.5 Å². The Morgan fingerprint density at radius 1 is 1.30 bits per heavy atom. The normalized spacial score (nSPS) is 21.0. The van der Waals surface area contributed by atoms with E-state index in [1.54, 1.807) is 0 Å². The number of nitrogens with one attached hydrogen (secondary N) is 1. The molecule has 128 valence electrons. The topological polar surface area (TPSA) is 40.0 Å². The maximum absolute atomic E-state index is 11.9. The lowest BCUT2D eigenvalue weighted by atomic mass is 9.98. The first-order chi connectivity index (χ1) is 11.2. The maximum Gasteiger partial charge on any atom is 0.314 e. The van der Waals surface area contributed by atoms with E-state index in [1.807, 2.05) is 25.1 Å². The number of quaternary nitrogens is 1. The number of piperidine rings is 1. The molecule has 1 aliphatic heterocycles. The molecule has 4 nitrogen and oxygen atoms in total. The Bertz CT molecular complexity index is 489. The van der Waals surface area contributed by atoms with E-state index in [9.17, 15) is 4.79 Å². The van der Waals surface area contributed by atoms with Crippen molar-refractivity contribution in [1.82, 2.24) is 0 Å². The smallest absolute Gasteiger partial charge is 0.314 e. The minimum atomic E-state index is -0.00686. The molecule has 1 aromatic carbocycles. The van der Waals surface area contributed by atoms with Crippen molar-refractivity contribution in [3.63, 3.8) is 0 Å². The maximum atomic E-state index is 11.9. The molecule has 1 saturated heterocycles. The Morgan fingerprint density at radius 2 is 2.13 bits per heavy atom. The molecule has 2 rings (SSSR count). The van der Waals surface area contributed by atoms with Gasteiger partial charge in [0.05, 0.1) is 32.8 Å². The van der Waals surface area contributed by atoms with Gasteiger partial charge in [0, 0.05) is 0 Å². The first kappa shape index (κ1) is 17.8. The van der Waals surface area contributed by atoms with Gasteiger partial charge in [-0.05, 0) is 51.2 Å². The van der Waals surface area contributed by atoms with Crippen molar-refractivity contribution in [3.8, 4) is 5.75 Å². The number of carbonyl (C=O) groups excluding carboxylic acids is 1. The van der Waals surface area contributed by atoms with E-state index in [1.165, 1.54) is 17.0 Å². The van der Waals surface area contributed by atoms with Crippen LogP contribution in [0.4, 0.5) is 0 Å². The molecule has 1 heterocycles. The molecule has 0 spiro atoms. The number of hydrogen-bond acceptors (Lipinski definition) is 3. The number of para-hydroxylation sites is 1. The molecule has 0 radical (unpaired) electrons. The molecule has 1 aliphatic rings. The Morgan fingerprint density at radius 3 is 2.91 bits per heavy atom. The van der Waals surface area contributed by atoms with E-state index < -0.39 is 0 Å². The number of benzene rings is 1. The first-order valence-electron chi connectivity index (χ1n) is 8.89. The predicted molar refractivity (Wildman–Crippen MR) is 90.8 cm³/mol. The van der Waals surface area contributed by atoms with Crippen molar-refractivity contribution < 1.29 is 19.2 Å². The second kappa shape index (κ2) is 9.56. The molecule has 4 heteroatoms. The highest BCUT2D eigenvalue weighted by Gasteiger charge is 2.29. The monoisotopic (exact) mass is 320 g/mol. The third kappa shape index (κ3) is 5.87. The van der Waals surface area contributed by atoms with Crippen LogP contribution in [0.3, 0.4) is 0 Å². The number of unbranched alkanes of at least 4 members (excludes halogenated alkanes) is 1. The van der Waals surface area contributed by atoms with E-state index in [0.717, 1.165) is 51.1 Å². The molecule has 2 atom stereocenters. The number of ether oxygens (including phenoxy) is 2. The van der Waals surface area contributed by atoms with Crippen molar-refractivity contribution in [2.75, 3.05) is 32.8 Å². The summed E-state index contributed by atoms with van der Waals surface area (Å²) >= 11 is 0. The fourth-order valence-corrected chi connectivity index (χ4v) is 3.22. The zero-order valence-electron chi connectivity index (χ0n) is 14.5.